The fourth-order valence-corrected chi connectivity index (χ4v) is 3.33. The van der Waals surface area contributed by atoms with Gasteiger partial charge in [0, 0.05) is 5.39 Å². The first kappa shape index (κ1) is 14.6. The Balaban J connectivity index is 2.17. The Labute approximate surface area is 127 Å². The molecule has 1 aromatic heterocycles. The number of rotatable bonds is 1. The third kappa shape index (κ3) is 2.03. The van der Waals surface area contributed by atoms with Crippen molar-refractivity contribution >= 4 is 44.7 Å². The Kier molecular flexibility index (Phi) is 3.03. The SMILES string of the molecule is CC1(C)OB(c2ccc(F)c3sc(N)c(N)c23)OC1(C)C. The van der Waals surface area contributed by atoms with Crippen LogP contribution >= 0.6 is 11.3 Å². The molecule has 4 nitrogen and oxygen atoms in total. The second-order valence-corrected chi connectivity index (χ2v) is 7.36. The second-order valence-electron chi connectivity index (χ2n) is 6.31. The van der Waals surface area contributed by atoms with Crippen LogP contribution in [0.5, 0.6) is 0 Å². The first-order valence-electron chi connectivity index (χ1n) is 6.75. The molecule has 0 spiro atoms. The summed E-state index contributed by atoms with van der Waals surface area (Å²) in [5, 5.41) is 1.00. The lowest BCUT2D eigenvalue weighted by Crippen LogP contribution is -2.41. The minimum atomic E-state index is -0.589. The lowest BCUT2D eigenvalue weighted by Gasteiger charge is -2.32. The van der Waals surface area contributed by atoms with Crippen LogP contribution in [0.2, 0.25) is 0 Å². The summed E-state index contributed by atoms with van der Waals surface area (Å²) in [7, 11) is -0.589. The number of fused-ring (bicyclic) bond motifs is 1. The van der Waals surface area contributed by atoms with Crippen LogP contribution in [0.15, 0.2) is 12.1 Å². The van der Waals surface area contributed by atoms with E-state index < -0.39 is 18.3 Å². The lowest BCUT2D eigenvalue weighted by molar-refractivity contribution is 0.00578. The average Bonchev–Trinajstić information content (AvgIpc) is 2.77. The predicted octanol–water partition coefficient (Wildman–Crippen LogP) is 2.50. The first-order chi connectivity index (χ1) is 9.64. The van der Waals surface area contributed by atoms with Crippen LogP contribution in [0.1, 0.15) is 27.7 Å². The van der Waals surface area contributed by atoms with Gasteiger partial charge in [0.25, 0.3) is 0 Å². The van der Waals surface area contributed by atoms with Crippen molar-refractivity contribution in [3.8, 4) is 0 Å². The van der Waals surface area contributed by atoms with Crippen LogP contribution in [0, 0.1) is 5.82 Å². The number of halogens is 1. The van der Waals surface area contributed by atoms with Crippen molar-refractivity contribution in [1.82, 2.24) is 0 Å². The van der Waals surface area contributed by atoms with E-state index in [2.05, 4.69) is 0 Å². The molecule has 1 fully saturated rings. The number of nitrogen functional groups attached to an aromatic ring is 2. The molecule has 1 aliphatic heterocycles. The van der Waals surface area contributed by atoms with Gasteiger partial charge in [-0.1, -0.05) is 6.07 Å². The van der Waals surface area contributed by atoms with Crippen molar-refractivity contribution in [1.29, 1.82) is 0 Å². The van der Waals surface area contributed by atoms with Crippen LogP contribution in [0.3, 0.4) is 0 Å². The molecule has 0 unspecified atom stereocenters. The Morgan fingerprint density at radius 1 is 1.10 bits per heavy atom. The van der Waals surface area contributed by atoms with Crippen LogP contribution in [-0.4, -0.2) is 18.3 Å². The number of anilines is 2. The van der Waals surface area contributed by atoms with E-state index in [-0.39, 0.29) is 5.82 Å². The highest BCUT2D eigenvalue weighted by Gasteiger charge is 2.52. The number of thiophene rings is 1. The van der Waals surface area contributed by atoms with Crippen molar-refractivity contribution in [2.75, 3.05) is 11.5 Å². The van der Waals surface area contributed by atoms with E-state index in [0.29, 0.717) is 20.8 Å². The minimum Gasteiger partial charge on any atom is -0.399 e. The fraction of sp³-hybridized carbons (Fsp3) is 0.429. The molecule has 0 saturated carbocycles. The largest absolute Gasteiger partial charge is 0.495 e. The van der Waals surface area contributed by atoms with Gasteiger partial charge in [0.15, 0.2) is 0 Å². The second kappa shape index (κ2) is 4.35. The van der Waals surface area contributed by atoms with Gasteiger partial charge in [0.2, 0.25) is 0 Å². The highest BCUT2D eigenvalue weighted by atomic mass is 32.1. The van der Waals surface area contributed by atoms with Crippen LogP contribution in [-0.2, 0) is 9.31 Å². The molecule has 0 radical (unpaired) electrons. The predicted molar refractivity (Wildman–Crippen MR) is 86.3 cm³/mol. The standard InChI is InChI=1S/C14H18BFN2O2S/c1-13(2)14(3,4)20-15(19-13)7-5-6-8(16)11-9(7)10(17)12(18)21-11/h5-6H,17-18H2,1-4H3. The van der Waals surface area contributed by atoms with Gasteiger partial charge in [-0.15, -0.1) is 11.3 Å². The fourth-order valence-electron chi connectivity index (χ4n) is 2.40. The molecule has 21 heavy (non-hydrogen) atoms. The average molecular weight is 308 g/mol. The zero-order valence-electron chi connectivity index (χ0n) is 12.5. The van der Waals surface area contributed by atoms with Crippen molar-refractivity contribution in [2.45, 2.75) is 38.9 Å². The molecule has 1 aromatic carbocycles. The Morgan fingerprint density at radius 3 is 2.24 bits per heavy atom. The van der Waals surface area contributed by atoms with E-state index in [1.807, 2.05) is 27.7 Å². The topological polar surface area (TPSA) is 70.5 Å². The van der Waals surface area contributed by atoms with Gasteiger partial charge in [-0.3, -0.25) is 0 Å². The highest BCUT2D eigenvalue weighted by Crippen LogP contribution is 2.40. The highest BCUT2D eigenvalue weighted by molar-refractivity contribution is 7.23. The number of nitrogens with two attached hydrogens (primary N) is 2. The molecule has 2 aromatic rings. The van der Waals surface area contributed by atoms with Crippen molar-refractivity contribution in [3.63, 3.8) is 0 Å². The zero-order chi connectivity index (χ0) is 15.6. The van der Waals surface area contributed by atoms with E-state index in [9.17, 15) is 4.39 Å². The maximum Gasteiger partial charge on any atom is 0.495 e. The van der Waals surface area contributed by atoms with Crippen LogP contribution < -0.4 is 16.9 Å². The van der Waals surface area contributed by atoms with Crippen LogP contribution in [0.4, 0.5) is 15.1 Å². The summed E-state index contributed by atoms with van der Waals surface area (Å²) < 4.78 is 26.5. The van der Waals surface area contributed by atoms with E-state index in [1.165, 1.54) is 6.07 Å². The summed E-state index contributed by atoms with van der Waals surface area (Å²) in [5.41, 5.74) is 12.0. The third-order valence-electron chi connectivity index (χ3n) is 4.40. The molecule has 3 rings (SSSR count). The first-order valence-corrected chi connectivity index (χ1v) is 7.57. The van der Waals surface area contributed by atoms with E-state index >= 15 is 0 Å². The van der Waals surface area contributed by atoms with Crippen molar-refractivity contribution < 1.29 is 13.7 Å². The number of hydrogen-bond donors (Lipinski definition) is 2. The smallest absolute Gasteiger partial charge is 0.399 e. The quantitative estimate of drug-likeness (QED) is 0.794. The number of hydrogen-bond acceptors (Lipinski definition) is 5. The molecule has 2 heterocycles. The van der Waals surface area contributed by atoms with Gasteiger partial charge >= 0.3 is 7.12 Å². The van der Waals surface area contributed by atoms with Gasteiger partial charge in [-0.25, -0.2) is 4.39 Å². The Morgan fingerprint density at radius 2 is 1.67 bits per heavy atom. The Hall–Kier alpha value is -1.31. The molecule has 1 saturated heterocycles. The summed E-state index contributed by atoms with van der Waals surface area (Å²) >= 11 is 1.14. The summed E-state index contributed by atoms with van der Waals surface area (Å²) in [6, 6.07) is 3.06. The summed E-state index contributed by atoms with van der Waals surface area (Å²) in [6.45, 7) is 7.89. The van der Waals surface area contributed by atoms with E-state index in [1.54, 1.807) is 6.07 Å². The molecule has 0 aliphatic carbocycles. The molecule has 0 bridgehead atoms. The molecule has 0 atom stereocenters. The van der Waals surface area contributed by atoms with Gasteiger partial charge < -0.3 is 20.8 Å². The van der Waals surface area contributed by atoms with Gasteiger partial charge in [0.1, 0.15) is 10.8 Å². The molecule has 112 valence electrons. The van der Waals surface area contributed by atoms with Crippen molar-refractivity contribution in [2.24, 2.45) is 0 Å². The molecule has 4 N–H and O–H groups in total. The van der Waals surface area contributed by atoms with Crippen molar-refractivity contribution in [3.05, 3.63) is 17.9 Å². The number of benzene rings is 1. The normalized spacial score (nSPS) is 20.3. The molecular weight excluding hydrogens is 290 g/mol. The van der Waals surface area contributed by atoms with E-state index in [4.69, 9.17) is 20.8 Å². The molecular formula is C14H18BFN2O2S. The molecule has 0 amide bonds. The van der Waals surface area contributed by atoms with Gasteiger partial charge in [0.05, 0.1) is 21.6 Å². The minimum absolute atomic E-state index is 0.335. The van der Waals surface area contributed by atoms with E-state index in [0.717, 1.165) is 16.8 Å². The summed E-state index contributed by atoms with van der Waals surface area (Å²) in [5.74, 6) is -0.335. The summed E-state index contributed by atoms with van der Waals surface area (Å²) in [6.07, 6.45) is 0. The van der Waals surface area contributed by atoms with Gasteiger partial charge in [-0.2, -0.15) is 0 Å². The summed E-state index contributed by atoms with van der Waals surface area (Å²) in [4.78, 5) is 0. The third-order valence-corrected chi connectivity index (χ3v) is 5.44. The van der Waals surface area contributed by atoms with Crippen LogP contribution in [0.25, 0.3) is 10.1 Å². The van der Waals surface area contributed by atoms with Gasteiger partial charge in [-0.05, 0) is 39.2 Å². The maximum atomic E-state index is 14.0. The molecule has 7 heteroatoms. The lowest BCUT2D eigenvalue weighted by atomic mass is 9.76. The Bertz CT molecular complexity index is 713. The monoisotopic (exact) mass is 308 g/mol. The molecule has 1 aliphatic rings. The zero-order valence-corrected chi connectivity index (χ0v) is 13.3. The maximum absolute atomic E-state index is 14.0.